The van der Waals surface area contributed by atoms with E-state index >= 15 is 0 Å². The molecule has 1 aliphatic heterocycles. The van der Waals surface area contributed by atoms with Gasteiger partial charge in [0.2, 0.25) is 5.91 Å². The van der Waals surface area contributed by atoms with E-state index in [2.05, 4.69) is 17.1 Å². The largest absolute Gasteiger partial charge is 0.341 e. The average molecular weight is 391 g/mol. The van der Waals surface area contributed by atoms with Gasteiger partial charge in [0.25, 0.3) is 5.56 Å². The Hall–Kier alpha value is -2.96. The molecular weight excluding hydrogens is 366 g/mol. The van der Waals surface area contributed by atoms with Gasteiger partial charge < -0.3 is 4.90 Å². The lowest BCUT2D eigenvalue weighted by molar-refractivity contribution is -0.133. The van der Waals surface area contributed by atoms with Crippen molar-refractivity contribution < 1.29 is 4.79 Å². The maximum Gasteiger partial charge on any atom is 0.293 e. The van der Waals surface area contributed by atoms with E-state index in [-0.39, 0.29) is 18.0 Å². The van der Waals surface area contributed by atoms with Crippen molar-refractivity contribution in [3.63, 3.8) is 0 Å². The molecule has 5 rings (SSSR count). The van der Waals surface area contributed by atoms with Gasteiger partial charge in [-0.05, 0) is 43.7 Å². The summed E-state index contributed by atoms with van der Waals surface area (Å²) in [4.78, 5) is 28.0. The Morgan fingerprint density at radius 2 is 1.83 bits per heavy atom. The van der Waals surface area contributed by atoms with Crippen LogP contribution in [-0.4, -0.2) is 43.5 Å². The van der Waals surface area contributed by atoms with Crippen molar-refractivity contribution in [1.29, 1.82) is 0 Å². The van der Waals surface area contributed by atoms with Gasteiger partial charge in [-0.3, -0.25) is 9.59 Å². The highest BCUT2D eigenvalue weighted by Crippen LogP contribution is 2.41. The predicted molar refractivity (Wildman–Crippen MR) is 110 cm³/mol. The maximum atomic E-state index is 13.3. The number of amides is 1. The van der Waals surface area contributed by atoms with Crippen LogP contribution in [0.3, 0.4) is 0 Å². The Bertz CT molecular complexity index is 1110. The number of nitrogens with zero attached hydrogens (tertiary/aromatic N) is 5. The number of fused-ring (bicyclic) bond motifs is 1. The lowest BCUT2D eigenvalue weighted by atomic mass is 9.99. The zero-order chi connectivity index (χ0) is 20.0. The van der Waals surface area contributed by atoms with Gasteiger partial charge in [-0.25, -0.2) is 9.36 Å². The van der Waals surface area contributed by atoms with Crippen LogP contribution >= 0.6 is 0 Å². The molecule has 29 heavy (non-hydrogen) atoms. The van der Waals surface area contributed by atoms with Gasteiger partial charge in [-0.1, -0.05) is 25.1 Å². The van der Waals surface area contributed by atoms with Crippen LogP contribution in [0.15, 0.2) is 41.3 Å². The summed E-state index contributed by atoms with van der Waals surface area (Å²) in [5.41, 5.74) is 1.97. The van der Waals surface area contributed by atoms with Crippen LogP contribution in [0.25, 0.3) is 16.6 Å². The summed E-state index contributed by atoms with van der Waals surface area (Å²) in [6.45, 7) is 3.72. The van der Waals surface area contributed by atoms with Crippen LogP contribution in [0.5, 0.6) is 0 Å². The monoisotopic (exact) mass is 391 g/mol. The zero-order valence-corrected chi connectivity index (χ0v) is 16.6. The third-order valence-electron chi connectivity index (χ3n) is 6.10. The Morgan fingerprint density at radius 1 is 1.10 bits per heavy atom. The first-order chi connectivity index (χ1) is 14.1. The van der Waals surface area contributed by atoms with E-state index < -0.39 is 0 Å². The second-order valence-corrected chi connectivity index (χ2v) is 8.34. The van der Waals surface area contributed by atoms with E-state index in [1.54, 1.807) is 10.9 Å². The molecule has 0 spiro atoms. The predicted octanol–water partition coefficient (Wildman–Crippen LogP) is 2.72. The molecule has 2 aliphatic rings. The normalized spacial score (nSPS) is 17.8. The molecule has 7 heteroatoms. The third-order valence-corrected chi connectivity index (χ3v) is 6.10. The Morgan fingerprint density at radius 3 is 2.52 bits per heavy atom. The molecule has 3 heterocycles. The molecule has 0 atom stereocenters. The average Bonchev–Trinajstić information content (AvgIpc) is 3.49. The first kappa shape index (κ1) is 18.1. The van der Waals surface area contributed by atoms with E-state index in [9.17, 15) is 9.59 Å². The minimum absolute atomic E-state index is 0.0111. The van der Waals surface area contributed by atoms with Gasteiger partial charge in [0.05, 0.1) is 17.6 Å². The molecule has 2 fully saturated rings. The van der Waals surface area contributed by atoms with Crippen LogP contribution in [-0.2, 0) is 11.3 Å². The van der Waals surface area contributed by atoms with Crippen molar-refractivity contribution >= 4 is 16.8 Å². The topological polar surface area (TPSA) is 73.0 Å². The maximum absolute atomic E-state index is 13.3. The highest BCUT2D eigenvalue weighted by atomic mass is 16.2. The molecule has 1 aliphatic carbocycles. The number of carbonyl (C=O) groups is 1. The number of para-hydroxylation sites is 1. The van der Waals surface area contributed by atoms with Crippen LogP contribution in [0.1, 0.15) is 44.2 Å². The number of hydrogen-bond donors (Lipinski definition) is 0. The minimum atomic E-state index is -0.260. The SMILES string of the molecule is CC1CCN(C(=O)Cn2nc(C3CC3)c3cnn(-c4ccccc4)c3c2=O)CC1. The summed E-state index contributed by atoms with van der Waals surface area (Å²) >= 11 is 0. The van der Waals surface area contributed by atoms with Gasteiger partial charge in [-0.15, -0.1) is 0 Å². The first-order valence-electron chi connectivity index (χ1n) is 10.4. The smallest absolute Gasteiger partial charge is 0.293 e. The third kappa shape index (κ3) is 3.34. The van der Waals surface area contributed by atoms with Crippen molar-refractivity contribution in [3.8, 4) is 5.69 Å². The highest BCUT2D eigenvalue weighted by molar-refractivity contribution is 5.83. The molecule has 1 saturated carbocycles. The van der Waals surface area contributed by atoms with E-state index in [1.165, 1.54) is 4.68 Å². The quantitative estimate of drug-likeness (QED) is 0.685. The molecule has 1 amide bonds. The molecule has 3 aromatic rings. The number of benzene rings is 1. The van der Waals surface area contributed by atoms with E-state index in [0.717, 1.165) is 55.5 Å². The van der Waals surface area contributed by atoms with Gasteiger partial charge in [0, 0.05) is 24.4 Å². The van der Waals surface area contributed by atoms with Crippen LogP contribution in [0, 0.1) is 5.92 Å². The molecule has 0 unspecified atom stereocenters. The van der Waals surface area contributed by atoms with Crippen molar-refractivity contribution in [3.05, 3.63) is 52.6 Å². The van der Waals surface area contributed by atoms with Crippen molar-refractivity contribution in [1.82, 2.24) is 24.5 Å². The van der Waals surface area contributed by atoms with Crippen molar-refractivity contribution in [2.45, 2.75) is 45.1 Å². The summed E-state index contributed by atoms with van der Waals surface area (Å²) in [6, 6.07) is 9.63. The molecule has 0 bridgehead atoms. The van der Waals surface area contributed by atoms with Gasteiger partial charge in [-0.2, -0.15) is 10.2 Å². The Balaban J connectivity index is 1.56. The van der Waals surface area contributed by atoms with Crippen LogP contribution < -0.4 is 5.56 Å². The Labute approximate surface area is 168 Å². The second kappa shape index (κ2) is 7.13. The molecular formula is C22H25N5O2. The Kier molecular flexibility index (Phi) is 4.45. The zero-order valence-electron chi connectivity index (χ0n) is 16.6. The van der Waals surface area contributed by atoms with Crippen LogP contribution in [0.4, 0.5) is 0 Å². The van der Waals surface area contributed by atoms with Crippen molar-refractivity contribution in [2.75, 3.05) is 13.1 Å². The lowest BCUT2D eigenvalue weighted by Gasteiger charge is -2.30. The summed E-state index contributed by atoms with van der Waals surface area (Å²) in [5, 5.41) is 9.91. The number of rotatable bonds is 4. The summed E-state index contributed by atoms with van der Waals surface area (Å²) < 4.78 is 3.03. The van der Waals surface area contributed by atoms with Gasteiger partial charge in [0.1, 0.15) is 12.1 Å². The molecule has 0 radical (unpaired) electrons. The summed E-state index contributed by atoms with van der Waals surface area (Å²) in [5.74, 6) is 0.972. The molecule has 150 valence electrons. The number of hydrogen-bond acceptors (Lipinski definition) is 4. The van der Waals surface area contributed by atoms with E-state index in [1.807, 2.05) is 35.2 Å². The molecule has 7 nitrogen and oxygen atoms in total. The molecule has 1 saturated heterocycles. The standard InChI is InChI=1S/C22H25N5O2/c1-15-9-11-25(12-10-15)19(28)14-26-22(29)21-18(20(24-26)16-7-8-16)13-23-27(21)17-5-3-2-4-6-17/h2-6,13,15-16H,7-12,14H2,1H3. The van der Waals surface area contributed by atoms with Crippen LogP contribution in [0.2, 0.25) is 0 Å². The van der Waals surface area contributed by atoms with Gasteiger partial charge in [0.15, 0.2) is 0 Å². The van der Waals surface area contributed by atoms with Gasteiger partial charge >= 0.3 is 0 Å². The number of likely N-dealkylation sites (tertiary alicyclic amines) is 1. The molecule has 1 aromatic carbocycles. The highest BCUT2D eigenvalue weighted by Gasteiger charge is 2.31. The number of aromatic nitrogens is 4. The molecule has 0 N–H and O–H groups in total. The fraction of sp³-hybridized carbons (Fsp3) is 0.455. The number of piperidine rings is 1. The second-order valence-electron chi connectivity index (χ2n) is 8.34. The van der Waals surface area contributed by atoms with Crippen molar-refractivity contribution in [2.24, 2.45) is 5.92 Å². The fourth-order valence-corrected chi connectivity index (χ4v) is 4.11. The first-order valence-corrected chi connectivity index (χ1v) is 10.4. The summed E-state index contributed by atoms with van der Waals surface area (Å²) in [7, 11) is 0. The lowest BCUT2D eigenvalue weighted by Crippen LogP contribution is -2.42. The molecule has 2 aromatic heterocycles. The fourth-order valence-electron chi connectivity index (χ4n) is 4.11. The summed E-state index contributed by atoms with van der Waals surface area (Å²) in [6.07, 6.45) is 5.90. The van der Waals surface area contributed by atoms with E-state index in [0.29, 0.717) is 17.4 Å². The minimum Gasteiger partial charge on any atom is -0.341 e. The number of carbonyl (C=O) groups excluding carboxylic acids is 1. The van der Waals surface area contributed by atoms with E-state index in [4.69, 9.17) is 0 Å².